The first-order chi connectivity index (χ1) is 8.29. The molecule has 2 N–H and O–H groups in total. The van der Waals surface area contributed by atoms with Gasteiger partial charge in [0.25, 0.3) is 0 Å². The fourth-order valence-corrected chi connectivity index (χ4v) is 2.17. The standard InChI is InChI=1S/C11H17BrN4O/c1-13-11-15-7-9(12)10(16-11)14-5-4-8-3-2-6-17-8/h7-8H,2-6H2,1H3,(H2,13,14,15,16). The van der Waals surface area contributed by atoms with Crippen LogP contribution in [0.1, 0.15) is 19.3 Å². The summed E-state index contributed by atoms with van der Waals surface area (Å²) in [6, 6.07) is 0. The van der Waals surface area contributed by atoms with Crippen molar-refractivity contribution >= 4 is 27.7 Å². The maximum absolute atomic E-state index is 5.57. The Morgan fingerprint density at radius 3 is 3.18 bits per heavy atom. The van der Waals surface area contributed by atoms with E-state index in [1.807, 2.05) is 0 Å². The van der Waals surface area contributed by atoms with E-state index in [4.69, 9.17) is 4.74 Å². The van der Waals surface area contributed by atoms with Crippen LogP contribution in [0.15, 0.2) is 10.7 Å². The highest BCUT2D eigenvalue weighted by Gasteiger charge is 2.15. The maximum Gasteiger partial charge on any atom is 0.224 e. The normalized spacial score (nSPS) is 19.3. The van der Waals surface area contributed by atoms with Crippen molar-refractivity contribution in [2.45, 2.75) is 25.4 Å². The van der Waals surface area contributed by atoms with Crippen LogP contribution in [0.3, 0.4) is 0 Å². The summed E-state index contributed by atoms with van der Waals surface area (Å²) in [5, 5.41) is 6.21. The van der Waals surface area contributed by atoms with E-state index >= 15 is 0 Å². The van der Waals surface area contributed by atoms with Crippen molar-refractivity contribution in [2.24, 2.45) is 0 Å². The Labute approximate surface area is 110 Å². The number of aromatic nitrogens is 2. The number of ether oxygens (including phenoxy) is 1. The van der Waals surface area contributed by atoms with Gasteiger partial charge in [0.2, 0.25) is 5.95 Å². The molecule has 5 nitrogen and oxygen atoms in total. The number of rotatable bonds is 5. The van der Waals surface area contributed by atoms with E-state index in [0.717, 1.165) is 29.9 Å². The van der Waals surface area contributed by atoms with Gasteiger partial charge in [-0.3, -0.25) is 0 Å². The van der Waals surface area contributed by atoms with Gasteiger partial charge in [-0.1, -0.05) is 0 Å². The largest absolute Gasteiger partial charge is 0.378 e. The summed E-state index contributed by atoms with van der Waals surface area (Å²) in [7, 11) is 1.80. The van der Waals surface area contributed by atoms with Crippen molar-refractivity contribution in [2.75, 3.05) is 30.8 Å². The molecule has 6 heteroatoms. The molecule has 0 bridgehead atoms. The van der Waals surface area contributed by atoms with E-state index in [1.54, 1.807) is 13.2 Å². The Balaban J connectivity index is 1.84. The van der Waals surface area contributed by atoms with Crippen molar-refractivity contribution < 1.29 is 4.74 Å². The fourth-order valence-electron chi connectivity index (χ4n) is 1.84. The zero-order valence-corrected chi connectivity index (χ0v) is 11.5. The molecule has 1 aromatic rings. The van der Waals surface area contributed by atoms with Crippen molar-refractivity contribution in [3.8, 4) is 0 Å². The van der Waals surface area contributed by atoms with Crippen LogP contribution in [0, 0.1) is 0 Å². The highest BCUT2D eigenvalue weighted by atomic mass is 79.9. The summed E-state index contributed by atoms with van der Waals surface area (Å²) >= 11 is 3.43. The number of hydrogen-bond acceptors (Lipinski definition) is 5. The lowest BCUT2D eigenvalue weighted by atomic mass is 10.2. The molecule has 1 aliphatic rings. The SMILES string of the molecule is CNc1ncc(Br)c(NCCC2CCCO2)n1. The Kier molecular flexibility index (Phi) is 4.56. The summed E-state index contributed by atoms with van der Waals surface area (Å²) in [4.78, 5) is 8.44. The van der Waals surface area contributed by atoms with Crippen molar-refractivity contribution in [3.63, 3.8) is 0 Å². The summed E-state index contributed by atoms with van der Waals surface area (Å²) in [5.41, 5.74) is 0. The van der Waals surface area contributed by atoms with Gasteiger partial charge in [0.05, 0.1) is 10.6 Å². The van der Waals surface area contributed by atoms with E-state index in [9.17, 15) is 0 Å². The second kappa shape index (κ2) is 6.16. The van der Waals surface area contributed by atoms with Gasteiger partial charge in [-0.15, -0.1) is 0 Å². The molecule has 2 heterocycles. The van der Waals surface area contributed by atoms with E-state index in [-0.39, 0.29) is 0 Å². The van der Waals surface area contributed by atoms with Gasteiger partial charge in [-0.25, -0.2) is 4.98 Å². The highest BCUT2D eigenvalue weighted by Crippen LogP contribution is 2.21. The molecule has 0 spiro atoms. The Hall–Kier alpha value is -0.880. The summed E-state index contributed by atoms with van der Waals surface area (Å²) in [6.07, 6.45) is 5.53. The number of nitrogens with zero attached hydrogens (tertiary/aromatic N) is 2. The van der Waals surface area contributed by atoms with Crippen molar-refractivity contribution in [3.05, 3.63) is 10.7 Å². The first-order valence-electron chi connectivity index (χ1n) is 5.85. The van der Waals surface area contributed by atoms with Gasteiger partial charge in [0.15, 0.2) is 0 Å². The lowest BCUT2D eigenvalue weighted by molar-refractivity contribution is 0.107. The molecule has 1 aromatic heterocycles. The van der Waals surface area contributed by atoms with Crippen LogP contribution in [0.25, 0.3) is 0 Å². The molecule has 17 heavy (non-hydrogen) atoms. The molecular formula is C11H17BrN4O. The first-order valence-corrected chi connectivity index (χ1v) is 6.64. The summed E-state index contributed by atoms with van der Waals surface area (Å²) in [5.74, 6) is 1.44. The number of anilines is 2. The molecule has 0 radical (unpaired) electrons. The lowest BCUT2D eigenvalue weighted by Crippen LogP contribution is -2.13. The van der Waals surface area contributed by atoms with Gasteiger partial charge >= 0.3 is 0 Å². The molecule has 0 saturated carbocycles. The van der Waals surface area contributed by atoms with E-state index in [0.29, 0.717) is 12.1 Å². The summed E-state index contributed by atoms with van der Waals surface area (Å²) < 4.78 is 6.45. The van der Waals surface area contributed by atoms with Gasteiger partial charge in [-0.05, 0) is 35.2 Å². The van der Waals surface area contributed by atoms with Crippen LogP contribution in [0.5, 0.6) is 0 Å². The smallest absolute Gasteiger partial charge is 0.224 e. The minimum absolute atomic E-state index is 0.409. The van der Waals surface area contributed by atoms with Gasteiger partial charge < -0.3 is 15.4 Å². The van der Waals surface area contributed by atoms with Crippen LogP contribution in [0.2, 0.25) is 0 Å². The zero-order valence-electron chi connectivity index (χ0n) is 9.87. The molecular weight excluding hydrogens is 284 g/mol. The van der Waals surface area contributed by atoms with Crippen molar-refractivity contribution in [1.29, 1.82) is 0 Å². The second-order valence-corrected chi connectivity index (χ2v) is 4.84. The molecule has 1 aliphatic heterocycles. The average Bonchev–Trinajstić information content (AvgIpc) is 2.84. The predicted molar refractivity (Wildman–Crippen MR) is 71.4 cm³/mol. The molecule has 2 rings (SSSR count). The Bertz CT molecular complexity index is 368. The fraction of sp³-hybridized carbons (Fsp3) is 0.636. The summed E-state index contributed by atoms with van der Waals surface area (Å²) in [6.45, 7) is 1.77. The van der Waals surface area contributed by atoms with E-state index < -0.39 is 0 Å². The molecule has 0 aromatic carbocycles. The van der Waals surface area contributed by atoms with Crippen LogP contribution >= 0.6 is 15.9 Å². The molecule has 1 unspecified atom stereocenters. The molecule has 1 fully saturated rings. The maximum atomic E-state index is 5.57. The first kappa shape index (κ1) is 12.6. The van der Waals surface area contributed by atoms with Crippen LogP contribution < -0.4 is 10.6 Å². The third-order valence-corrected chi connectivity index (χ3v) is 3.33. The van der Waals surface area contributed by atoms with E-state index in [2.05, 4.69) is 36.5 Å². The monoisotopic (exact) mass is 300 g/mol. The minimum Gasteiger partial charge on any atom is -0.378 e. The lowest BCUT2D eigenvalue weighted by Gasteiger charge is -2.11. The quantitative estimate of drug-likeness (QED) is 0.873. The topological polar surface area (TPSA) is 59.1 Å². The molecule has 94 valence electrons. The average molecular weight is 301 g/mol. The number of halogens is 1. The molecule has 0 amide bonds. The third kappa shape index (κ3) is 3.54. The minimum atomic E-state index is 0.409. The second-order valence-electron chi connectivity index (χ2n) is 3.99. The Morgan fingerprint density at radius 1 is 1.59 bits per heavy atom. The van der Waals surface area contributed by atoms with Crippen molar-refractivity contribution in [1.82, 2.24) is 9.97 Å². The van der Waals surface area contributed by atoms with Gasteiger partial charge in [0, 0.05) is 26.4 Å². The predicted octanol–water partition coefficient (Wildman–Crippen LogP) is 2.26. The molecule has 1 saturated heterocycles. The third-order valence-electron chi connectivity index (χ3n) is 2.75. The number of nitrogens with one attached hydrogen (secondary N) is 2. The van der Waals surface area contributed by atoms with Crippen LogP contribution in [-0.4, -0.2) is 36.3 Å². The van der Waals surface area contributed by atoms with Gasteiger partial charge in [-0.2, -0.15) is 4.98 Å². The van der Waals surface area contributed by atoms with Crippen LogP contribution in [0.4, 0.5) is 11.8 Å². The highest BCUT2D eigenvalue weighted by molar-refractivity contribution is 9.10. The molecule has 0 aliphatic carbocycles. The molecule has 1 atom stereocenters. The number of hydrogen-bond donors (Lipinski definition) is 2. The van der Waals surface area contributed by atoms with E-state index in [1.165, 1.54) is 12.8 Å². The van der Waals surface area contributed by atoms with Crippen LogP contribution in [-0.2, 0) is 4.74 Å². The van der Waals surface area contributed by atoms with Gasteiger partial charge in [0.1, 0.15) is 5.82 Å². The Morgan fingerprint density at radius 2 is 2.47 bits per heavy atom. The zero-order chi connectivity index (χ0) is 12.1.